The first-order valence-corrected chi connectivity index (χ1v) is 10.2. The molecule has 148 valence electrons. The molecular weight excluding hydrogens is 352 g/mol. The molecule has 1 aliphatic carbocycles. The highest BCUT2D eigenvalue weighted by Gasteiger charge is 2.33. The molecule has 2 heterocycles. The van der Waals surface area contributed by atoms with Gasteiger partial charge >= 0.3 is 0 Å². The summed E-state index contributed by atoms with van der Waals surface area (Å²) >= 11 is 0. The molecule has 0 unspecified atom stereocenters. The Bertz CT molecular complexity index is 829. The van der Waals surface area contributed by atoms with Gasteiger partial charge in [-0.1, -0.05) is 45.2 Å². The number of rotatable bonds is 5. The number of carbonyl (C=O) groups excluding carboxylic acids is 1. The van der Waals surface area contributed by atoms with Crippen LogP contribution in [0.5, 0.6) is 11.5 Å². The lowest BCUT2D eigenvalue weighted by atomic mass is 9.80. The van der Waals surface area contributed by atoms with Crippen molar-refractivity contribution in [3.05, 3.63) is 48.2 Å². The van der Waals surface area contributed by atoms with Crippen LogP contribution in [0.15, 0.2) is 42.6 Å². The van der Waals surface area contributed by atoms with Gasteiger partial charge in [0.1, 0.15) is 5.82 Å². The molecule has 5 heteroatoms. The second-order valence-corrected chi connectivity index (χ2v) is 8.37. The van der Waals surface area contributed by atoms with Crippen molar-refractivity contribution < 1.29 is 14.3 Å². The zero-order valence-corrected chi connectivity index (χ0v) is 16.7. The summed E-state index contributed by atoms with van der Waals surface area (Å²) in [5.74, 6) is 2.42. The Labute approximate surface area is 166 Å². The first-order valence-electron chi connectivity index (χ1n) is 10.2. The normalized spacial score (nSPS) is 16.8. The maximum Gasteiger partial charge on any atom is 0.231 e. The molecule has 0 saturated heterocycles. The van der Waals surface area contributed by atoms with Crippen LogP contribution in [0.1, 0.15) is 57.9 Å². The third-order valence-electron chi connectivity index (χ3n) is 5.85. The smallest absolute Gasteiger partial charge is 0.231 e. The largest absolute Gasteiger partial charge is 0.454 e. The van der Waals surface area contributed by atoms with E-state index in [0.29, 0.717) is 6.42 Å². The van der Waals surface area contributed by atoms with Gasteiger partial charge in [-0.3, -0.25) is 9.69 Å². The third kappa shape index (κ3) is 3.84. The number of ether oxygens (including phenoxy) is 2. The average molecular weight is 380 g/mol. The summed E-state index contributed by atoms with van der Waals surface area (Å²) in [5, 5.41) is 0. The quantitative estimate of drug-likeness (QED) is 0.744. The van der Waals surface area contributed by atoms with Crippen LogP contribution in [0.2, 0.25) is 0 Å². The maximum absolute atomic E-state index is 13.5. The summed E-state index contributed by atoms with van der Waals surface area (Å²) in [5.41, 5.74) is 0.759. The van der Waals surface area contributed by atoms with Crippen LogP contribution < -0.4 is 14.4 Å². The van der Waals surface area contributed by atoms with Crippen LogP contribution >= 0.6 is 0 Å². The molecule has 1 aliphatic heterocycles. The molecule has 0 atom stereocenters. The van der Waals surface area contributed by atoms with Crippen molar-refractivity contribution in [3.8, 4) is 11.5 Å². The molecule has 5 nitrogen and oxygen atoms in total. The van der Waals surface area contributed by atoms with Gasteiger partial charge in [0.25, 0.3) is 0 Å². The number of amides is 1. The van der Waals surface area contributed by atoms with Crippen LogP contribution in [0, 0.1) is 0 Å². The van der Waals surface area contributed by atoms with Crippen molar-refractivity contribution in [1.82, 2.24) is 4.98 Å². The number of nitrogens with zero attached hydrogens (tertiary/aromatic N) is 2. The molecular formula is C23H28N2O3. The molecule has 0 radical (unpaired) electrons. The molecule has 0 bridgehead atoms. The van der Waals surface area contributed by atoms with Crippen molar-refractivity contribution in [3.63, 3.8) is 0 Å². The number of hydrogen-bond acceptors (Lipinski definition) is 4. The molecule has 1 aromatic heterocycles. The van der Waals surface area contributed by atoms with Gasteiger partial charge in [0.2, 0.25) is 12.7 Å². The van der Waals surface area contributed by atoms with E-state index >= 15 is 0 Å². The van der Waals surface area contributed by atoms with E-state index in [4.69, 9.17) is 9.47 Å². The SMILES string of the molecule is CC(C)(CC(=O)N(c1ccccn1)C1CCCCC1)c1ccc2c(c1)OCO2. The predicted molar refractivity (Wildman–Crippen MR) is 109 cm³/mol. The minimum atomic E-state index is -0.320. The fourth-order valence-corrected chi connectivity index (χ4v) is 4.24. The number of aromatic nitrogens is 1. The number of pyridine rings is 1. The highest BCUT2D eigenvalue weighted by Crippen LogP contribution is 2.38. The van der Waals surface area contributed by atoms with Gasteiger partial charge in [-0.2, -0.15) is 0 Å². The van der Waals surface area contributed by atoms with E-state index in [0.717, 1.165) is 35.7 Å². The highest BCUT2D eigenvalue weighted by atomic mass is 16.7. The number of anilines is 1. The fourth-order valence-electron chi connectivity index (χ4n) is 4.24. The Morgan fingerprint density at radius 3 is 2.64 bits per heavy atom. The summed E-state index contributed by atoms with van der Waals surface area (Å²) in [6.07, 6.45) is 7.88. The zero-order valence-electron chi connectivity index (χ0n) is 16.7. The molecule has 1 fully saturated rings. The van der Waals surface area contributed by atoms with Crippen LogP contribution in [-0.4, -0.2) is 23.7 Å². The van der Waals surface area contributed by atoms with Crippen LogP contribution in [-0.2, 0) is 10.2 Å². The summed E-state index contributed by atoms with van der Waals surface area (Å²) in [4.78, 5) is 19.9. The predicted octanol–water partition coefficient (Wildman–Crippen LogP) is 4.84. The van der Waals surface area contributed by atoms with E-state index in [1.54, 1.807) is 6.20 Å². The van der Waals surface area contributed by atoms with E-state index in [1.165, 1.54) is 19.3 Å². The molecule has 0 N–H and O–H groups in total. The summed E-state index contributed by atoms with van der Waals surface area (Å²) in [6.45, 7) is 4.48. The first-order chi connectivity index (χ1) is 13.5. The van der Waals surface area contributed by atoms with Crippen molar-refractivity contribution in [1.29, 1.82) is 0 Å². The average Bonchev–Trinajstić information content (AvgIpc) is 3.17. The molecule has 1 saturated carbocycles. The molecule has 2 aliphatic rings. The van der Waals surface area contributed by atoms with Crippen molar-refractivity contribution >= 4 is 11.7 Å². The van der Waals surface area contributed by atoms with Gasteiger partial charge < -0.3 is 9.47 Å². The topological polar surface area (TPSA) is 51.7 Å². The molecule has 28 heavy (non-hydrogen) atoms. The first kappa shape index (κ1) is 18.8. The van der Waals surface area contributed by atoms with E-state index < -0.39 is 0 Å². The molecule has 1 aromatic carbocycles. The van der Waals surface area contributed by atoms with Gasteiger partial charge in [0.15, 0.2) is 11.5 Å². The lowest BCUT2D eigenvalue weighted by Gasteiger charge is -2.36. The molecule has 0 spiro atoms. The van der Waals surface area contributed by atoms with Crippen LogP contribution in [0.3, 0.4) is 0 Å². The third-order valence-corrected chi connectivity index (χ3v) is 5.85. The van der Waals surface area contributed by atoms with E-state index in [2.05, 4.69) is 18.8 Å². The van der Waals surface area contributed by atoms with Gasteiger partial charge in [0.05, 0.1) is 0 Å². The lowest BCUT2D eigenvalue weighted by Crippen LogP contribution is -2.44. The number of hydrogen-bond donors (Lipinski definition) is 0. The lowest BCUT2D eigenvalue weighted by molar-refractivity contribution is -0.120. The molecule has 4 rings (SSSR count). The fraction of sp³-hybridized carbons (Fsp3) is 0.478. The van der Waals surface area contributed by atoms with Crippen molar-refractivity contribution in [2.75, 3.05) is 11.7 Å². The van der Waals surface area contributed by atoms with Gasteiger partial charge in [-0.15, -0.1) is 0 Å². The van der Waals surface area contributed by atoms with Crippen molar-refractivity contribution in [2.45, 2.75) is 63.8 Å². The van der Waals surface area contributed by atoms with Crippen molar-refractivity contribution in [2.24, 2.45) is 0 Å². The van der Waals surface area contributed by atoms with Gasteiger partial charge in [0, 0.05) is 18.7 Å². The number of fused-ring (bicyclic) bond motifs is 1. The standard InChI is InChI=1S/C23H28N2O3/c1-23(2,17-11-12-19-20(14-17)28-16-27-19)15-22(26)25(18-8-4-3-5-9-18)21-10-6-7-13-24-21/h6-7,10-14,18H,3-5,8-9,15-16H2,1-2H3. The Balaban J connectivity index is 1.58. The molecule has 1 amide bonds. The summed E-state index contributed by atoms with van der Waals surface area (Å²) < 4.78 is 10.9. The minimum absolute atomic E-state index is 0.133. The number of carbonyl (C=O) groups is 1. The summed E-state index contributed by atoms with van der Waals surface area (Å²) in [7, 11) is 0. The van der Waals surface area contributed by atoms with E-state index in [1.807, 2.05) is 41.3 Å². The Kier molecular flexibility index (Phi) is 5.25. The number of benzene rings is 1. The molecule has 2 aromatic rings. The second kappa shape index (κ2) is 7.82. The van der Waals surface area contributed by atoms with Crippen LogP contribution in [0.25, 0.3) is 0 Å². The zero-order chi connectivity index (χ0) is 19.6. The monoisotopic (exact) mass is 380 g/mol. The Morgan fingerprint density at radius 2 is 1.89 bits per heavy atom. The minimum Gasteiger partial charge on any atom is -0.454 e. The van der Waals surface area contributed by atoms with Gasteiger partial charge in [-0.05, 0) is 48.1 Å². The van der Waals surface area contributed by atoms with E-state index in [9.17, 15) is 4.79 Å². The second-order valence-electron chi connectivity index (χ2n) is 8.37. The van der Waals surface area contributed by atoms with Gasteiger partial charge in [-0.25, -0.2) is 4.98 Å². The summed E-state index contributed by atoms with van der Waals surface area (Å²) in [6, 6.07) is 12.0. The van der Waals surface area contributed by atoms with Crippen LogP contribution in [0.4, 0.5) is 5.82 Å². The van der Waals surface area contributed by atoms with E-state index in [-0.39, 0.29) is 24.2 Å². The maximum atomic E-state index is 13.5. The Hall–Kier alpha value is -2.56. The Morgan fingerprint density at radius 1 is 1.11 bits per heavy atom. The highest BCUT2D eigenvalue weighted by molar-refractivity contribution is 5.93.